The van der Waals surface area contributed by atoms with Crippen LogP contribution in [0.15, 0.2) is 17.5 Å². The van der Waals surface area contributed by atoms with Crippen molar-refractivity contribution in [1.82, 2.24) is 5.43 Å². The largest absolute Gasteiger partial charge is 0.379 e. The van der Waals surface area contributed by atoms with E-state index in [0.29, 0.717) is 5.92 Å². The van der Waals surface area contributed by atoms with Gasteiger partial charge in [0.05, 0.1) is 12.1 Å². The van der Waals surface area contributed by atoms with Crippen molar-refractivity contribution >= 4 is 11.3 Å². The Balaban J connectivity index is 1.96. The minimum Gasteiger partial charge on any atom is -0.379 e. The Hall–Kier alpha value is -0.420. The van der Waals surface area contributed by atoms with E-state index in [1.165, 1.54) is 17.7 Å². The van der Waals surface area contributed by atoms with Crippen LogP contribution >= 0.6 is 11.3 Å². The second-order valence-electron chi connectivity index (χ2n) is 4.09. The van der Waals surface area contributed by atoms with Gasteiger partial charge in [0.2, 0.25) is 0 Å². The number of nitrogens with two attached hydrogens (primary N) is 1. The van der Waals surface area contributed by atoms with Gasteiger partial charge in [0.15, 0.2) is 0 Å². The minimum atomic E-state index is 0.237. The number of ether oxygens (including phenoxy) is 1. The number of hydrogen-bond acceptors (Lipinski definition) is 4. The third kappa shape index (κ3) is 2.78. The van der Waals surface area contributed by atoms with Gasteiger partial charge in [-0.2, -0.15) is 0 Å². The maximum Gasteiger partial charge on any atom is 0.0769 e. The predicted octanol–water partition coefficient (Wildman–Crippen LogP) is 1.55. The standard InChI is InChI=1S/C11H18N2OS/c1-14-11(8-4-5-8)10(13-12)7-9-3-2-6-15-9/h2-3,6,8,10-11,13H,4-5,7,12H2,1H3. The molecule has 4 heteroatoms. The van der Waals surface area contributed by atoms with Gasteiger partial charge >= 0.3 is 0 Å². The Morgan fingerprint density at radius 1 is 1.67 bits per heavy atom. The summed E-state index contributed by atoms with van der Waals surface area (Å²) in [4.78, 5) is 1.36. The van der Waals surface area contributed by atoms with Crippen LogP contribution in [0, 0.1) is 5.92 Å². The lowest BCUT2D eigenvalue weighted by Crippen LogP contribution is -2.47. The molecule has 0 bridgehead atoms. The number of methoxy groups -OCH3 is 1. The molecule has 0 amide bonds. The molecule has 0 aliphatic heterocycles. The lowest BCUT2D eigenvalue weighted by atomic mass is 10.0. The Bertz CT molecular complexity index is 285. The summed E-state index contributed by atoms with van der Waals surface area (Å²) in [6.45, 7) is 0. The van der Waals surface area contributed by atoms with Gasteiger partial charge < -0.3 is 4.74 Å². The van der Waals surface area contributed by atoms with Crippen molar-refractivity contribution in [2.75, 3.05) is 7.11 Å². The summed E-state index contributed by atoms with van der Waals surface area (Å²) < 4.78 is 5.54. The molecule has 0 saturated heterocycles. The Kier molecular flexibility index (Phi) is 3.75. The molecule has 2 rings (SSSR count). The number of thiophene rings is 1. The van der Waals surface area contributed by atoms with Crippen molar-refractivity contribution in [2.24, 2.45) is 11.8 Å². The summed E-state index contributed by atoms with van der Waals surface area (Å²) in [6.07, 6.45) is 3.78. The van der Waals surface area contributed by atoms with E-state index in [1.54, 1.807) is 18.4 Å². The molecule has 3 nitrogen and oxygen atoms in total. The lowest BCUT2D eigenvalue weighted by molar-refractivity contribution is 0.0513. The van der Waals surface area contributed by atoms with Gasteiger partial charge in [0.25, 0.3) is 0 Å². The van der Waals surface area contributed by atoms with Crippen LogP contribution in [-0.2, 0) is 11.2 Å². The maximum absolute atomic E-state index is 5.61. The van der Waals surface area contributed by atoms with Crippen LogP contribution in [0.4, 0.5) is 0 Å². The second-order valence-corrected chi connectivity index (χ2v) is 5.13. The second kappa shape index (κ2) is 5.07. The fraction of sp³-hybridized carbons (Fsp3) is 0.636. The summed E-state index contributed by atoms with van der Waals surface area (Å²) in [5, 5.41) is 2.10. The highest BCUT2D eigenvalue weighted by Gasteiger charge is 2.36. The van der Waals surface area contributed by atoms with Gasteiger partial charge in [-0.25, -0.2) is 0 Å². The maximum atomic E-state index is 5.61. The molecule has 2 unspecified atom stereocenters. The Labute approximate surface area is 94.6 Å². The first-order valence-electron chi connectivity index (χ1n) is 5.36. The van der Waals surface area contributed by atoms with Gasteiger partial charge in [0, 0.05) is 18.4 Å². The SMILES string of the molecule is COC(C1CC1)C(Cc1cccs1)NN. The monoisotopic (exact) mass is 226 g/mol. The Morgan fingerprint density at radius 3 is 2.93 bits per heavy atom. The molecule has 1 aliphatic carbocycles. The third-order valence-corrected chi connectivity index (χ3v) is 3.87. The molecule has 1 aromatic rings. The van der Waals surface area contributed by atoms with Crippen molar-refractivity contribution < 1.29 is 4.74 Å². The molecule has 2 atom stereocenters. The van der Waals surface area contributed by atoms with Gasteiger partial charge in [-0.3, -0.25) is 11.3 Å². The van der Waals surface area contributed by atoms with Crippen LogP contribution in [-0.4, -0.2) is 19.3 Å². The minimum absolute atomic E-state index is 0.237. The molecular weight excluding hydrogens is 208 g/mol. The quantitative estimate of drug-likeness (QED) is 0.571. The van der Waals surface area contributed by atoms with Crippen molar-refractivity contribution in [3.8, 4) is 0 Å². The zero-order valence-corrected chi connectivity index (χ0v) is 9.80. The van der Waals surface area contributed by atoms with Crippen molar-refractivity contribution in [2.45, 2.75) is 31.4 Å². The van der Waals surface area contributed by atoms with E-state index >= 15 is 0 Å². The third-order valence-electron chi connectivity index (χ3n) is 2.97. The molecule has 1 saturated carbocycles. The highest BCUT2D eigenvalue weighted by Crippen LogP contribution is 2.36. The van der Waals surface area contributed by atoms with E-state index in [-0.39, 0.29) is 12.1 Å². The average Bonchev–Trinajstić information content (AvgIpc) is 2.95. The van der Waals surface area contributed by atoms with Crippen LogP contribution < -0.4 is 11.3 Å². The Morgan fingerprint density at radius 2 is 2.47 bits per heavy atom. The van der Waals surface area contributed by atoms with Crippen molar-refractivity contribution in [3.05, 3.63) is 22.4 Å². The summed E-state index contributed by atoms with van der Waals surface area (Å²) >= 11 is 1.78. The van der Waals surface area contributed by atoms with Gasteiger partial charge in [-0.15, -0.1) is 11.3 Å². The van der Waals surface area contributed by atoms with Crippen molar-refractivity contribution in [1.29, 1.82) is 0 Å². The molecule has 15 heavy (non-hydrogen) atoms. The molecule has 0 aromatic carbocycles. The van der Waals surface area contributed by atoms with E-state index in [2.05, 4.69) is 22.9 Å². The molecule has 0 spiro atoms. The summed E-state index contributed by atoms with van der Waals surface area (Å²) in [5.74, 6) is 6.31. The number of hydrazine groups is 1. The van der Waals surface area contributed by atoms with Crippen LogP contribution in [0.5, 0.6) is 0 Å². The molecule has 1 heterocycles. The van der Waals surface area contributed by atoms with Gasteiger partial charge in [-0.05, 0) is 30.2 Å². The normalized spacial score (nSPS) is 20.1. The van der Waals surface area contributed by atoms with Crippen LogP contribution in [0.25, 0.3) is 0 Å². The fourth-order valence-corrected chi connectivity index (χ4v) is 2.79. The first-order valence-corrected chi connectivity index (χ1v) is 6.24. The van der Waals surface area contributed by atoms with E-state index in [9.17, 15) is 0 Å². The summed E-state index contributed by atoms with van der Waals surface area (Å²) in [6, 6.07) is 4.46. The highest BCUT2D eigenvalue weighted by atomic mass is 32.1. The van der Waals surface area contributed by atoms with Crippen LogP contribution in [0.1, 0.15) is 17.7 Å². The van der Waals surface area contributed by atoms with E-state index in [4.69, 9.17) is 10.6 Å². The van der Waals surface area contributed by atoms with Crippen LogP contribution in [0.3, 0.4) is 0 Å². The highest BCUT2D eigenvalue weighted by molar-refractivity contribution is 7.09. The number of hydrogen-bond donors (Lipinski definition) is 2. The van der Waals surface area contributed by atoms with E-state index in [0.717, 1.165) is 6.42 Å². The first-order chi connectivity index (χ1) is 7.35. The molecule has 0 radical (unpaired) electrons. The molecule has 1 aromatic heterocycles. The number of rotatable bonds is 6. The smallest absolute Gasteiger partial charge is 0.0769 e. The van der Waals surface area contributed by atoms with Crippen molar-refractivity contribution in [3.63, 3.8) is 0 Å². The van der Waals surface area contributed by atoms with E-state index in [1.807, 2.05) is 0 Å². The fourth-order valence-electron chi connectivity index (χ4n) is 2.03. The summed E-state index contributed by atoms with van der Waals surface area (Å²) in [7, 11) is 1.78. The molecule has 3 N–H and O–H groups in total. The molecule has 1 fully saturated rings. The molecule has 84 valence electrons. The van der Waals surface area contributed by atoms with Crippen LogP contribution in [0.2, 0.25) is 0 Å². The van der Waals surface area contributed by atoms with E-state index < -0.39 is 0 Å². The zero-order valence-electron chi connectivity index (χ0n) is 8.98. The summed E-state index contributed by atoms with van der Waals surface area (Å²) in [5.41, 5.74) is 2.89. The molecule has 1 aliphatic rings. The predicted molar refractivity (Wildman–Crippen MR) is 62.7 cm³/mol. The topological polar surface area (TPSA) is 47.3 Å². The molecular formula is C11H18N2OS. The number of nitrogens with one attached hydrogen (secondary N) is 1. The van der Waals surface area contributed by atoms with Gasteiger partial charge in [0.1, 0.15) is 0 Å². The average molecular weight is 226 g/mol. The lowest BCUT2D eigenvalue weighted by Gasteiger charge is -2.24. The van der Waals surface area contributed by atoms with Gasteiger partial charge in [-0.1, -0.05) is 6.07 Å². The zero-order chi connectivity index (χ0) is 10.7. The first kappa shape index (κ1) is 11.1.